The minimum atomic E-state index is 0.489. The summed E-state index contributed by atoms with van der Waals surface area (Å²) < 4.78 is 5.78. The summed E-state index contributed by atoms with van der Waals surface area (Å²) in [5, 5.41) is 0.949. The number of alkyl halides is 1. The van der Waals surface area contributed by atoms with Crippen LogP contribution in [-0.4, -0.2) is 42.6 Å². The van der Waals surface area contributed by atoms with Gasteiger partial charge in [0.15, 0.2) is 0 Å². The Labute approximate surface area is 125 Å². The van der Waals surface area contributed by atoms with Gasteiger partial charge in [-0.1, -0.05) is 46.3 Å². The topological polar surface area (TPSA) is 12.5 Å². The summed E-state index contributed by atoms with van der Waals surface area (Å²) >= 11 is 3.41. The van der Waals surface area contributed by atoms with Crippen LogP contribution in [0.3, 0.4) is 0 Å². The van der Waals surface area contributed by atoms with E-state index in [4.69, 9.17) is 4.74 Å². The number of benzene rings is 1. The number of piperidine rings is 1. The van der Waals surface area contributed by atoms with Crippen molar-refractivity contribution >= 4 is 15.9 Å². The van der Waals surface area contributed by atoms with Gasteiger partial charge in [-0.2, -0.15) is 0 Å². The lowest BCUT2D eigenvalue weighted by molar-refractivity contribution is 0.0158. The minimum Gasteiger partial charge on any atom is -0.377 e. The van der Waals surface area contributed by atoms with E-state index in [1.54, 1.807) is 0 Å². The maximum absolute atomic E-state index is 5.78. The zero-order chi connectivity index (χ0) is 13.3. The Balaban J connectivity index is 1.58. The van der Waals surface area contributed by atoms with Crippen molar-refractivity contribution in [2.45, 2.75) is 31.8 Å². The largest absolute Gasteiger partial charge is 0.377 e. The van der Waals surface area contributed by atoms with Gasteiger partial charge in [0, 0.05) is 18.4 Å². The fourth-order valence-electron chi connectivity index (χ4n) is 2.66. The van der Waals surface area contributed by atoms with Gasteiger partial charge in [0.1, 0.15) is 0 Å². The summed E-state index contributed by atoms with van der Waals surface area (Å²) in [5.74, 6) is 0. The first-order chi connectivity index (χ1) is 9.38. The molecule has 1 aromatic rings. The molecule has 106 valence electrons. The number of ether oxygens (including phenoxy) is 1. The fourth-order valence-corrected chi connectivity index (χ4v) is 2.85. The zero-order valence-corrected chi connectivity index (χ0v) is 13.1. The molecule has 1 heterocycles. The van der Waals surface area contributed by atoms with Crippen LogP contribution in [0.25, 0.3) is 0 Å². The van der Waals surface area contributed by atoms with Crippen LogP contribution < -0.4 is 0 Å². The Morgan fingerprint density at radius 1 is 1.16 bits per heavy atom. The van der Waals surface area contributed by atoms with Gasteiger partial charge in [0.2, 0.25) is 0 Å². The van der Waals surface area contributed by atoms with Crippen molar-refractivity contribution in [3.05, 3.63) is 35.9 Å². The summed E-state index contributed by atoms with van der Waals surface area (Å²) in [5.41, 5.74) is 1.46. The lowest BCUT2D eigenvalue weighted by Crippen LogP contribution is -2.37. The molecule has 0 aromatic heterocycles. The second-order valence-corrected chi connectivity index (χ2v) is 5.98. The highest BCUT2D eigenvalue weighted by molar-refractivity contribution is 9.09. The molecule has 1 fully saturated rings. The summed E-state index contributed by atoms with van der Waals surface area (Å²) in [6.07, 6.45) is 5.33. The number of hydrogen-bond donors (Lipinski definition) is 0. The Morgan fingerprint density at radius 2 is 1.89 bits per heavy atom. The van der Waals surface area contributed by atoms with Crippen LogP contribution in [0.4, 0.5) is 0 Å². The van der Waals surface area contributed by atoms with Gasteiger partial charge < -0.3 is 9.64 Å². The van der Waals surface area contributed by atoms with Gasteiger partial charge in [-0.3, -0.25) is 0 Å². The molecule has 0 N–H and O–H groups in total. The normalized spacial score (nSPS) is 17.7. The number of hydrogen-bond acceptors (Lipinski definition) is 2. The van der Waals surface area contributed by atoms with Gasteiger partial charge in [0.25, 0.3) is 0 Å². The predicted octanol–water partition coefficient (Wildman–Crippen LogP) is 3.50. The molecule has 0 atom stereocenters. The zero-order valence-electron chi connectivity index (χ0n) is 11.6. The predicted molar refractivity (Wildman–Crippen MR) is 84.0 cm³/mol. The molecular formula is C16H24BrNO. The van der Waals surface area contributed by atoms with E-state index in [0.717, 1.165) is 11.9 Å². The standard InChI is InChI=1S/C16H24BrNO/c17-10-14-19-16-8-12-18(13-9-16)11-4-7-15-5-2-1-3-6-15/h1-3,5-6,16H,4,7-14H2. The number of aryl methyl sites for hydroxylation is 1. The van der Waals surface area contributed by atoms with Crippen LogP contribution in [0, 0.1) is 0 Å². The average Bonchev–Trinajstić information content (AvgIpc) is 2.47. The summed E-state index contributed by atoms with van der Waals surface area (Å²) in [6.45, 7) is 4.46. The molecule has 0 unspecified atom stereocenters. The molecule has 19 heavy (non-hydrogen) atoms. The third-order valence-corrected chi connectivity index (χ3v) is 4.07. The van der Waals surface area contributed by atoms with Crippen molar-refractivity contribution in [2.24, 2.45) is 0 Å². The van der Waals surface area contributed by atoms with Crippen LogP contribution in [0.5, 0.6) is 0 Å². The molecule has 0 bridgehead atoms. The number of likely N-dealkylation sites (tertiary alicyclic amines) is 1. The molecule has 0 aliphatic carbocycles. The number of rotatable bonds is 7. The van der Waals surface area contributed by atoms with Crippen molar-refractivity contribution in [2.75, 3.05) is 31.6 Å². The van der Waals surface area contributed by atoms with Gasteiger partial charge in [0.05, 0.1) is 12.7 Å². The molecule has 1 aromatic carbocycles. The van der Waals surface area contributed by atoms with Crippen molar-refractivity contribution in [1.82, 2.24) is 4.90 Å². The summed E-state index contributed by atoms with van der Waals surface area (Å²) in [6, 6.07) is 10.8. The van der Waals surface area contributed by atoms with E-state index in [2.05, 4.69) is 51.2 Å². The second-order valence-electron chi connectivity index (χ2n) is 5.19. The van der Waals surface area contributed by atoms with Crippen molar-refractivity contribution in [3.63, 3.8) is 0 Å². The Morgan fingerprint density at radius 3 is 2.58 bits per heavy atom. The first-order valence-corrected chi connectivity index (χ1v) is 8.44. The molecule has 3 heteroatoms. The quantitative estimate of drug-likeness (QED) is 0.711. The molecule has 1 saturated heterocycles. The maximum atomic E-state index is 5.78. The number of halogens is 1. The van der Waals surface area contributed by atoms with Gasteiger partial charge >= 0.3 is 0 Å². The van der Waals surface area contributed by atoms with Crippen LogP contribution in [0.15, 0.2) is 30.3 Å². The third-order valence-electron chi connectivity index (χ3n) is 3.75. The number of nitrogens with zero attached hydrogens (tertiary/aromatic N) is 1. The third kappa shape index (κ3) is 5.64. The highest BCUT2D eigenvalue weighted by Crippen LogP contribution is 2.14. The molecule has 1 aliphatic rings. The Bertz CT molecular complexity index is 336. The average molecular weight is 326 g/mol. The van der Waals surface area contributed by atoms with E-state index in [1.807, 2.05) is 0 Å². The first-order valence-electron chi connectivity index (χ1n) is 7.32. The van der Waals surface area contributed by atoms with Crippen LogP contribution in [0.1, 0.15) is 24.8 Å². The summed E-state index contributed by atoms with van der Waals surface area (Å²) in [7, 11) is 0. The van der Waals surface area contributed by atoms with Crippen molar-refractivity contribution in [3.8, 4) is 0 Å². The minimum absolute atomic E-state index is 0.489. The highest BCUT2D eigenvalue weighted by atomic mass is 79.9. The SMILES string of the molecule is BrCCOC1CCN(CCCc2ccccc2)CC1. The van der Waals surface area contributed by atoms with E-state index in [1.165, 1.54) is 50.9 Å². The van der Waals surface area contributed by atoms with E-state index >= 15 is 0 Å². The van der Waals surface area contributed by atoms with Crippen LogP contribution >= 0.6 is 15.9 Å². The monoisotopic (exact) mass is 325 g/mol. The Hall–Kier alpha value is -0.380. The van der Waals surface area contributed by atoms with E-state index in [0.29, 0.717) is 6.10 Å². The van der Waals surface area contributed by atoms with E-state index in [-0.39, 0.29) is 0 Å². The van der Waals surface area contributed by atoms with E-state index in [9.17, 15) is 0 Å². The van der Waals surface area contributed by atoms with Crippen LogP contribution in [-0.2, 0) is 11.2 Å². The molecule has 0 radical (unpaired) electrons. The highest BCUT2D eigenvalue weighted by Gasteiger charge is 2.18. The molecule has 0 saturated carbocycles. The summed E-state index contributed by atoms with van der Waals surface area (Å²) in [4.78, 5) is 2.58. The molecule has 0 spiro atoms. The van der Waals surface area contributed by atoms with Crippen LogP contribution in [0.2, 0.25) is 0 Å². The fraction of sp³-hybridized carbons (Fsp3) is 0.625. The molecule has 2 nitrogen and oxygen atoms in total. The first kappa shape index (κ1) is 15.0. The molecule has 1 aliphatic heterocycles. The Kier molecular flexibility index (Phi) is 6.90. The molecule has 0 amide bonds. The molecule has 2 rings (SSSR count). The van der Waals surface area contributed by atoms with Gasteiger partial charge in [-0.25, -0.2) is 0 Å². The lowest BCUT2D eigenvalue weighted by Gasteiger charge is -2.31. The second kappa shape index (κ2) is 8.72. The van der Waals surface area contributed by atoms with Gasteiger partial charge in [-0.05, 0) is 37.8 Å². The molecular weight excluding hydrogens is 302 g/mol. The smallest absolute Gasteiger partial charge is 0.0599 e. The lowest BCUT2D eigenvalue weighted by atomic mass is 10.1. The maximum Gasteiger partial charge on any atom is 0.0599 e. The van der Waals surface area contributed by atoms with Crippen molar-refractivity contribution in [1.29, 1.82) is 0 Å². The van der Waals surface area contributed by atoms with Gasteiger partial charge in [-0.15, -0.1) is 0 Å². The van der Waals surface area contributed by atoms with Crippen molar-refractivity contribution < 1.29 is 4.74 Å². The van der Waals surface area contributed by atoms with E-state index < -0.39 is 0 Å².